The molecule has 0 aliphatic carbocycles. The summed E-state index contributed by atoms with van der Waals surface area (Å²) in [5.74, 6) is -0.0654. The Morgan fingerprint density at radius 1 is 0.750 bits per heavy atom. The molecular formula is C37H66O7. The molecule has 3 N–H and O–H groups in total. The number of hydrogen-bond acceptors (Lipinski definition) is 7. The molecule has 2 aliphatic heterocycles. The molecular weight excluding hydrogens is 556 g/mol. The van der Waals surface area contributed by atoms with E-state index in [1.807, 2.05) is 13.0 Å². The first-order valence-electron chi connectivity index (χ1n) is 18.4. The van der Waals surface area contributed by atoms with Crippen LogP contribution in [0.5, 0.6) is 0 Å². The number of carbonyl (C=O) groups excluding carboxylic acids is 2. The van der Waals surface area contributed by atoms with E-state index in [1.54, 1.807) is 0 Å². The number of carbonyl (C=O) groups is 2. The van der Waals surface area contributed by atoms with E-state index in [1.165, 1.54) is 51.4 Å². The van der Waals surface area contributed by atoms with Crippen LogP contribution in [0.2, 0.25) is 0 Å². The lowest BCUT2D eigenvalue weighted by Crippen LogP contribution is -2.33. The summed E-state index contributed by atoms with van der Waals surface area (Å²) < 4.78 is 11.1. The van der Waals surface area contributed by atoms with Gasteiger partial charge in [-0.1, -0.05) is 110 Å². The number of cyclic esters (lactones) is 1. The minimum absolute atomic E-state index is 0.174. The Bertz CT molecular complexity index is 797. The van der Waals surface area contributed by atoms with Crippen LogP contribution in [-0.2, 0) is 19.1 Å². The summed E-state index contributed by atoms with van der Waals surface area (Å²) in [7, 11) is 0. The van der Waals surface area contributed by atoms with Crippen LogP contribution >= 0.6 is 0 Å². The summed E-state index contributed by atoms with van der Waals surface area (Å²) in [4.78, 5) is 23.7. The molecule has 6 atom stereocenters. The highest BCUT2D eigenvalue weighted by atomic mass is 16.5. The van der Waals surface area contributed by atoms with Crippen molar-refractivity contribution in [1.29, 1.82) is 0 Å². The molecule has 0 spiro atoms. The number of aliphatic hydroxyl groups is 3. The van der Waals surface area contributed by atoms with E-state index in [0.29, 0.717) is 37.7 Å². The first kappa shape index (κ1) is 38.9. The second-order valence-electron chi connectivity index (χ2n) is 13.6. The maximum atomic E-state index is 12.1. The molecule has 1 unspecified atom stereocenters. The van der Waals surface area contributed by atoms with Gasteiger partial charge in [0.15, 0.2) is 0 Å². The van der Waals surface area contributed by atoms with Crippen molar-refractivity contribution >= 4 is 11.8 Å². The highest BCUT2D eigenvalue weighted by Crippen LogP contribution is 2.28. The van der Waals surface area contributed by atoms with E-state index in [2.05, 4.69) is 6.92 Å². The van der Waals surface area contributed by atoms with E-state index < -0.39 is 18.3 Å². The molecule has 7 nitrogen and oxygen atoms in total. The van der Waals surface area contributed by atoms with Crippen molar-refractivity contribution in [3.63, 3.8) is 0 Å². The number of esters is 1. The maximum Gasteiger partial charge on any atom is 0.334 e. The second-order valence-corrected chi connectivity index (χ2v) is 13.6. The number of aliphatic hydroxyl groups excluding tert-OH is 3. The second kappa shape index (κ2) is 24.0. The normalized spacial score (nSPS) is 22.2. The van der Waals surface area contributed by atoms with Crippen molar-refractivity contribution in [3.8, 4) is 0 Å². The fraction of sp³-hybridized carbons (Fsp3) is 0.892. The SMILES string of the molecule is CCCCCCCCCCCC[C@@H](O)[C@H]1CC[C@H]([C@H](O)CC(O)CCCCCCCCCC(=O)CCC2=C[C@H](C)OC2=O)O1. The van der Waals surface area contributed by atoms with Crippen molar-refractivity contribution in [1.82, 2.24) is 0 Å². The van der Waals surface area contributed by atoms with Gasteiger partial charge in [0.1, 0.15) is 11.9 Å². The highest BCUT2D eigenvalue weighted by Gasteiger charge is 2.35. The average Bonchev–Trinajstić information content (AvgIpc) is 3.62. The summed E-state index contributed by atoms with van der Waals surface area (Å²) in [6, 6.07) is 0. The Hall–Kier alpha value is -1.28. The van der Waals surface area contributed by atoms with Gasteiger partial charge in [-0.25, -0.2) is 4.79 Å². The third-order valence-corrected chi connectivity index (χ3v) is 9.47. The van der Waals surface area contributed by atoms with E-state index in [9.17, 15) is 24.9 Å². The van der Waals surface area contributed by atoms with Crippen LogP contribution in [-0.4, -0.2) is 63.7 Å². The molecule has 2 aliphatic rings. The topological polar surface area (TPSA) is 113 Å². The summed E-state index contributed by atoms with van der Waals surface area (Å²) in [5, 5.41) is 31.7. The van der Waals surface area contributed by atoms with E-state index >= 15 is 0 Å². The number of Topliss-reactive ketones (excluding diaryl/α,β-unsaturated/α-hetero) is 1. The van der Waals surface area contributed by atoms with Gasteiger partial charge in [0, 0.05) is 24.8 Å². The molecule has 2 heterocycles. The minimum atomic E-state index is -0.686. The first-order valence-corrected chi connectivity index (χ1v) is 18.4. The molecule has 2 rings (SSSR count). The largest absolute Gasteiger partial charge is 0.455 e. The lowest BCUT2D eigenvalue weighted by molar-refractivity contribution is -0.139. The quantitative estimate of drug-likeness (QED) is 0.0598. The van der Waals surface area contributed by atoms with Gasteiger partial charge in [-0.3, -0.25) is 4.79 Å². The van der Waals surface area contributed by atoms with Gasteiger partial charge in [0.05, 0.1) is 30.5 Å². The number of hydrogen-bond donors (Lipinski definition) is 3. The Labute approximate surface area is 268 Å². The predicted octanol–water partition coefficient (Wildman–Crippen LogP) is 8.05. The molecule has 256 valence electrons. The lowest BCUT2D eigenvalue weighted by atomic mass is 9.98. The van der Waals surface area contributed by atoms with Crippen LogP contribution in [0.3, 0.4) is 0 Å². The van der Waals surface area contributed by atoms with Crippen molar-refractivity contribution in [2.45, 2.75) is 211 Å². The summed E-state index contributed by atoms with van der Waals surface area (Å²) >= 11 is 0. The Morgan fingerprint density at radius 3 is 1.84 bits per heavy atom. The third-order valence-electron chi connectivity index (χ3n) is 9.47. The van der Waals surface area contributed by atoms with E-state index in [-0.39, 0.29) is 30.1 Å². The maximum absolute atomic E-state index is 12.1. The Kier molecular flexibility index (Phi) is 21.2. The molecule has 0 amide bonds. The number of ketones is 1. The minimum Gasteiger partial charge on any atom is -0.455 e. The molecule has 44 heavy (non-hydrogen) atoms. The van der Waals surface area contributed by atoms with Crippen LogP contribution in [0.25, 0.3) is 0 Å². The zero-order chi connectivity index (χ0) is 32.0. The van der Waals surface area contributed by atoms with E-state index in [4.69, 9.17) is 9.47 Å². The van der Waals surface area contributed by atoms with Crippen LogP contribution in [0.15, 0.2) is 11.6 Å². The van der Waals surface area contributed by atoms with Gasteiger partial charge < -0.3 is 24.8 Å². The number of unbranched alkanes of at least 4 members (excludes halogenated alkanes) is 15. The zero-order valence-electron chi connectivity index (χ0n) is 28.2. The van der Waals surface area contributed by atoms with Gasteiger partial charge in [-0.05, 0) is 51.5 Å². The molecule has 0 aromatic carbocycles. The van der Waals surface area contributed by atoms with Gasteiger partial charge >= 0.3 is 5.97 Å². The lowest BCUT2D eigenvalue weighted by Gasteiger charge is -2.23. The van der Waals surface area contributed by atoms with Crippen LogP contribution in [0.4, 0.5) is 0 Å². The van der Waals surface area contributed by atoms with Gasteiger partial charge in [0.25, 0.3) is 0 Å². The smallest absolute Gasteiger partial charge is 0.334 e. The Morgan fingerprint density at radius 2 is 1.27 bits per heavy atom. The fourth-order valence-electron chi connectivity index (χ4n) is 6.63. The van der Waals surface area contributed by atoms with Crippen molar-refractivity contribution in [2.75, 3.05) is 0 Å². The molecule has 0 radical (unpaired) electrons. The monoisotopic (exact) mass is 622 g/mol. The van der Waals surface area contributed by atoms with Crippen LogP contribution in [0.1, 0.15) is 174 Å². The fourth-order valence-corrected chi connectivity index (χ4v) is 6.63. The van der Waals surface area contributed by atoms with E-state index in [0.717, 1.165) is 77.0 Å². The Balaban J connectivity index is 1.39. The standard InChI is InChI=1S/C37H66O7/c1-3-4-5-6-7-8-9-13-16-19-22-33(40)35-25-26-36(44-35)34(41)28-32(39)21-18-15-12-10-11-14-17-20-31(38)24-23-30-27-29(2)43-37(30)42/h27,29,32-36,39-41H,3-26,28H2,1-2H3/t29-,32?,33+,34+,35+,36+/m0/s1. The van der Waals surface area contributed by atoms with Gasteiger partial charge in [-0.2, -0.15) is 0 Å². The summed E-state index contributed by atoms with van der Waals surface area (Å²) in [6.45, 7) is 4.08. The van der Waals surface area contributed by atoms with Crippen LogP contribution < -0.4 is 0 Å². The molecule has 0 aromatic heterocycles. The molecule has 1 fully saturated rings. The first-order chi connectivity index (χ1) is 21.3. The van der Waals surface area contributed by atoms with Crippen molar-refractivity contribution < 1.29 is 34.4 Å². The highest BCUT2D eigenvalue weighted by molar-refractivity contribution is 5.91. The van der Waals surface area contributed by atoms with Gasteiger partial charge in [-0.15, -0.1) is 0 Å². The predicted molar refractivity (Wildman–Crippen MR) is 176 cm³/mol. The van der Waals surface area contributed by atoms with Crippen molar-refractivity contribution in [3.05, 3.63) is 11.6 Å². The van der Waals surface area contributed by atoms with Crippen LogP contribution in [0, 0.1) is 0 Å². The molecule has 1 saturated heterocycles. The third kappa shape index (κ3) is 17.4. The molecule has 0 aromatic rings. The molecule has 0 saturated carbocycles. The average molecular weight is 623 g/mol. The van der Waals surface area contributed by atoms with Gasteiger partial charge in [0.2, 0.25) is 0 Å². The number of rotatable bonds is 28. The van der Waals surface area contributed by atoms with Crippen molar-refractivity contribution in [2.24, 2.45) is 0 Å². The number of ether oxygens (including phenoxy) is 2. The molecule has 0 bridgehead atoms. The summed E-state index contributed by atoms with van der Waals surface area (Å²) in [6.07, 6.45) is 24.4. The zero-order valence-corrected chi connectivity index (χ0v) is 28.2. The summed E-state index contributed by atoms with van der Waals surface area (Å²) in [5.41, 5.74) is 0.635. The molecule has 7 heteroatoms.